The molecule has 3 aromatic carbocycles. The molecule has 2 N–H and O–H groups in total. The van der Waals surface area contributed by atoms with Crippen LogP contribution in [-0.2, 0) is 5.60 Å². The van der Waals surface area contributed by atoms with Crippen molar-refractivity contribution >= 4 is 26.7 Å². The summed E-state index contributed by atoms with van der Waals surface area (Å²) in [6, 6.07) is 17.4. The van der Waals surface area contributed by atoms with Crippen LogP contribution >= 0.6 is 15.9 Å². The second kappa shape index (κ2) is 5.41. The summed E-state index contributed by atoms with van der Waals surface area (Å²) in [6.07, 6.45) is 0. The van der Waals surface area contributed by atoms with E-state index in [2.05, 4.69) is 15.9 Å². The maximum absolute atomic E-state index is 10.5. The summed E-state index contributed by atoms with van der Waals surface area (Å²) < 4.78 is 1.00. The topological polar surface area (TPSA) is 40.5 Å². The monoisotopic (exact) mass is 356 g/mol. The van der Waals surface area contributed by atoms with Crippen LogP contribution in [0.3, 0.4) is 0 Å². The summed E-state index contributed by atoms with van der Waals surface area (Å²) in [4.78, 5) is 0. The van der Waals surface area contributed by atoms with Crippen LogP contribution in [-0.4, -0.2) is 10.2 Å². The molecule has 0 atom stereocenters. The summed E-state index contributed by atoms with van der Waals surface area (Å²) in [5.41, 5.74) is 1.63. The van der Waals surface area contributed by atoms with E-state index in [1.54, 1.807) is 19.9 Å². The lowest BCUT2D eigenvalue weighted by molar-refractivity contribution is 0.0791. The van der Waals surface area contributed by atoms with Gasteiger partial charge in [-0.1, -0.05) is 52.3 Å². The van der Waals surface area contributed by atoms with Crippen molar-refractivity contribution in [3.63, 3.8) is 0 Å². The number of fused-ring (bicyclic) bond motifs is 1. The van der Waals surface area contributed by atoms with Gasteiger partial charge in [0.05, 0.1) is 5.60 Å². The number of phenolic OH excluding ortho intramolecular Hbond substituents is 1. The van der Waals surface area contributed by atoms with E-state index in [-0.39, 0.29) is 5.75 Å². The molecule has 3 aromatic rings. The molecule has 0 saturated carbocycles. The maximum atomic E-state index is 10.5. The average Bonchev–Trinajstić information content (AvgIpc) is 2.47. The van der Waals surface area contributed by atoms with Crippen molar-refractivity contribution in [2.45, 2.75) is 19.4 Å². The first-order chi connectivity index (χ1) is 10.4. The zero-order valence-electron chi connectivity index (χ0n) is 12.5. The zero-order valence-corrected chi connectivity index (χ0v) is 14.1. The minimum atomic E-state index is -1.05. The molecular weight excluding hydrogens is 340 g/mol. The van der Waals surface area contributed by atoms with Crippen molar-refractivity contribution in [3.8, 4) is 16.9 Å². The molecule has 3 rings (SSSR count). The molecular formula is C19H17BrO2. The Bertz CT molecular complexity index is 830. The molecule has 0 spiro atoms. The summed E-state index contributed by atoms with van der Waals surface area (Å²) in [6.45, 7) is 3.47. The number of rotatable bonds is 2. The van der Waals surface area contributed by atoms with Crippen molar-refractivity contribution in [2.75, 3.05) is 0 Å². The van der Waals surface area contributed by atoms with Gasteiger partial charge in [-0.3, -0.25) is 0 Å². The lowest BCUT2D eigenvalue weighted by atomic mass is 9.85. The van der Waals surface area contributed by atoms with Crippen LogP contribution in [0.1, 0.15) is 19.4 Å². The highest BCUT2D eigenvalue weighted by Gasteiger charge is 2.24. The average molecular weight is 357 g/mol. The minimum Gasteiger partial charge on any atom is -0.507 e. The van der Waals surface area contributed by atoms with Crippen LogP contribution in [0.5, 0.6) is 5.75 Å². The Morgan fingerprint density at radius 3 is 2.09 bits per heavy atom. The molecule has 22 heavy (non-hydrogen) atoms. The molecule has 0 bridgehead atoms. The number of benzene rings is 3. The van der Waals surface area contributed by atoms with Gasteiger partial charge in [-0.15, -0.1) is 0 Å². The quantitative estimate of drug-likeness (QED) is 0.662. The molecule has 2 nitrogen and oxygen atoms in total. The van der Waals surface area contributed by atoms with Crippen LogP contribution in [0.4, 0.5) is 0 Å². The molecule has 0 fully saturated rings. The molecule has 0 aromatic heterocycles. The number of aliphatic hydroxyl groups is 1. The van der Waals surface area contributed by atoms with E-state index in [0.717, 1.165) is 26.4 Å². The summed E-state index contributed by atoms with van der Waals surface area (Å²) in [5.74, 6) is 0.189. The molecule has 0 aliphatic rings. The Balaban J connectivity index is 2.44. The lowest BCUT2D eigenvalue weighted by Crippen LogP contribution is -2.17. The van der Waals surface area contributed by atoms with Crippen LogP contribution < -0.4 is 0 Å². The van der Waals surface area contributed by atoms with Crippen molar-refractivity contribution < 1.29 is 10.2 Å². The van der Waals surface area contributed by atoms with E-state index in [4.69, 9.17) is 0 Å². The molecule has 0 unspecified atom stereocenters. The van der Waals surface area contributed by atoms with Gasteiger partial charge in [0.1, 0.15) is 5.75 Å². The van der Waals surface area contributed by atoms with Crippen molar-refractivity contribution in [2.24, 2.45) is 0 Å². The highest BCUT2D eigenvalue weighted by Crippen LogP contribution is 2.41. The molecule has 3 heteroatoms. The first-order valence-electron chi connectivity index (χ1n) is 7.11. The highest BCUT2D eigenvalue weighted by molar-refractivity contribution is 9.10. The van der Waals surface area contributed by atoms with Crippen LogP contribution in [0.25, 0.3) is 21.9 Å². The second-order valence-electron chi connectivity index (χ2n) is 5.93. The number of phenols is 1. The Hall–Kier alpha value is -1.84. The minimum absolute atomic E-state index is 0.189. The van der Waals surface area contributed by atoms with Crippen molar-refractivity contribution in [1.29, 1.82) is 0 Å². The van der Waals surface area contributed by atoms with E-state index in [9.17, 15) is 10.2 Å². The molecule has 0 radical (unpaired) electrons. The predicted octanol–water partition coefficient (Wildman–Crippen LogP) is 5.20. The predicted molar refractivity (Wildman–Crippen MR) is 94.0 cm³/mol. The van der Waals surface area contributed by atoms with Crippen LogP contribution in [0.15, 0.2) is 59.1 Å². The first-order valence-corrected chi connectivity index (χ1v) is 7.91. The van der Waals surface area contributed by atoms with Gasteiger partial charge in [0.2, 0.25) is 0 Å². The SMILES string of the molecule is CC(C)(O)c1cc(O)c2ccccc2c1-c1ccc(Br)cc1. The number of aromatic hydroxyl groups is 1. The molecule has 0 heterocycles. The van der Waals surface area contributed by atoms with Crippen LogP contribution in [0, 0.1) is 0 Å². The van der Waals surface area contributed by atoms with Crippen molar-refractivity contribution in [1.82, 2.24) is 0 Å². The third-order valence-electron chi connectivity index (χ3n) is 3.81. The first kappa shape index (κ1) is 15.1. The van der Waals surface area contributed by atoms with Crippen molar-refractivity contribution in [3.05, 3.63) is 64.6 Å². The van der Waals surface area contributed by atoms with Gasteiger partial charge in [0, 0.05) is 9.86 Å². The van der Waals surface area contributed by atoms with E-state index in [1.807, 2.05) is 48.5 Å². The van der Waals surface area contributed by atoms with E-state index < -0.39 is 5.60 Å². The smallest absolute Gasteiger partial charge is 0.123 e. The number of halogens is 1. The fourth-order valence-corrected chi connectivity index (χ4v) is 3.03. The van der Waals surface area contributed by atoms with Gasteiger partial charge in [-0.05, 0) is 54.1 Å². The van der Waals surface area contributed by atoms with Gasteiger partial charge < -0.3 is 10.2 Å². The van der Waals surface area contributed by atoms with E-state index in [1.165, 1.54) is 0 Å². The largest absolute Gasteiger partial charge is 0.507 e. The number of hydrogen-bond donors (Lipinski definition) is 2. The zero-order chi connectivity index (χ0) is 15.9. The normalized spacial score (nSPS) is 11.8. The van der Waals surface area contributed by atoms with E-state index in [0.29, 0.717) is 5.56 Å². The second-order valence-corrected chi connectivity index (χ2v) is 6.85. The Morgan fingerprint density at radius 2 is 1.50 bits per heavy atom. The van der Waals surface area contributed by atoms with Gasteiger partial charge in [0.25, 0.3) is 0 Å². The van der Waals surface area contributed by atoms with Crippen LogP contribution in [0.2, 0.25) is 0 Å². The van der Waals surface area contributed by atoms with Gasteiger partial charge in [0.15, 0.2) is 0 Å². The molecule has 0 amide bonds. The Morgan fingerprint density at radius 1 is 0.909 bits per heavy atom. The summed E-state index contributed by atoms with van der Waals surface area (Å²) in [7, 11) is 0. The highest BCUT2D eigenvalue weighted by atomic mass is 79.9. The summed E-state index contributed by atoms with van der Waals surface area (Å²) >= 11 is 3.45. The van der Waals surface area contributed by atoms with E-state index >= 15 is 0 Å². The van der Waals surface area contributed by atoms with Gasteiger partial charge in [-0.25, -0.2) is 0 Å². The fourth-order valence-electron chi connectivity index (χ4n) is 2.77. The fraction of sp³-hybridized carbons (Fsp3) is 0.158. The molecule has 112 valence electrons. The third-order valence-corrected chi connectivity index (χ3v) is 4.34. The molecule has 0 aliphatic carbocycles. The number of hydrogen-bond acceptors (Lipinski definition) is 2. The van der Waals surface area contributed by atoms with Gasteiger partial charge in [-0.2, -0.15) is 0 Å². The standard InChI is InChI=1S/C19H17BrO2/c1-19(2,22)16-11-17(21)14-5-3-4-6-15(14)18(16)12-7-9-13(20)10-8-12/h3-11,21-22H,1-2H3. The third kappa shape index (κ3) is 2.62. The lowest BCUT2D eigenvalue weighted by Gasteiger charge is -2.24. The summed E-state index contributed by atoms with van der Waals surface area (Å²) in [5, 5.41) is 22.6. The Labute approximate surface area is 138 Å². The maximum Gasteiger partial charge on any atom is 0.123 e. The molecule has 0 aliphatic heterocycles. The van der Waals surface area contributed by atoms with Gasteiger partial charge >= 0.3 is 0 Å². The Kier molecular flexibility index (Phi) is 3.71. The molecule has 0 saturated heterocycles.